The lowest BCUT2D eigenvalue weighted by atomic mass is 10.2. The number of aromatic amines is 1. The largest absolute Gasteiger partial charge is 0.454 e. The molecule has 0 atom stereocenters. The summed E-state index contributed by atoms with van der Waals surface area (Å²) in [4.78, 5) is 11.7. The van der Waals surface area contributed by atoms with Crippen molar-refractivity contribution in [3.8, 4) is 11.5 Å². The first-order valence-electron chi connectivity index (χ1n) is 5.97. The zero-order valence-corrected chi connectivity index (χ0v) is 10.7. The molecule has 1 amide bonds. The molecule has 1 aliphatic heterocycles. The van der Waals surface area contributed by atoms with Crippen LogP contribution in [0.2, 0.25) is 0 Å². The lowest BCUT2D eigenvalue weighted by molar-refractivity contribution is 0.0950. The predicted octanol–water partition coefficient (Wildman–Crippen LogP) is 1.21. The van der Waals surface area contributed by atoms with E-state index in [0.717, 1.165) is 11.3 Å². The highest BCUT2D eigenvalue weighted by atomic mass is 16.7. The summed E-state index contributed by atoms with van der Waals surface area (Å²) in [7, 11) is 0. The monoisotopic (exact) mass is 272 g/mol. The van der Waals surface area contributed by atoms with Gasteiger partial charge in [0.05, 0.1) is 6.21 Å². The fourth-order valence-corrected chi connectivity index (χ4v) is 1.75. The molecule has 2 N–H and O–H groups in total. The lowest BCUT2D eigenvalue weighted by Gasteiger charge is -1.98. The number of amides is 1. The Morgan fingerprint density at radius 3 is 3.05 bits per heavy atom. The maximum Gasteiger partial charge on any atom is 0.291 e. The number of carbonyl (C=O) groups is 1. The molecule has 1 aromatic heterocycles. The number of fused-ring (bicyclic) bond motifs is 1. The molecule has 3 rings (SSSR count). The number of hydrogen-bond acceptors (Lipinski definition) is 5. The molecule has 0 aliphatic carbocycles. The van der Waals surface area contributed by atoms with Gasteiger partial charge in [0.2, 0.25) is 6.79 Å². The van der Waals surface area contributed by atoms with Crippen LogP contribution in [0.15, 0.2) is 29.4 Å². The Morgan fingerprint density at radius 2 is 2.25 bits per heavy atom. The van der Waals surface area contributed by atoms with Crippen LogP contribution in [0.3, 0.4) is 0 Å². The molecule has 7 heteroatoms. The summed E-state index contributed by atoms with van der Waals surface area (Å²) in [5.41, 5.74) is 4.31. The Morgan fingerprint density at radius 1 is 1.40 bits per heavy atom. The summed E-state index contributed by atoms with van der Waals surface area (Å²) in [6.07, 6.45) is 1.53. The number of nitrogens with zero attached hydrogens (tertiary/aromatic N) is 2. The van der Waals surface area contributed by atoms with Gasteiger partial charge in [0.1, 0.15) is 0 Å². The summed E-state index contributed by atoms with van der Waals surface area (Å²) < 4.78 is 10.5. The van der Waals surface area contributed by atoms with E-state index < -0.39 is 0 Å². The molecule has 20 heavy (non-hydrogen) atoms. The SMILES string of the molecule is Cc1cc(C(=O)N/N=C\c2ccc3c(c2)OCO3)n[nH]1. The zero-order valence-electron chi connectivity index (χ0n) is 10.7. The number of rotatable bonds is 3. The van der Waals surface area contributed by atoms with E-state index in [1.54, 1.807) is 18.2 Å². The van der Waals surface area contributed by atoms with E-state index in [-0.39, 0.29) is 12.7 Å². The van der Waals surface area contributed by atoms with Crippen molar-refractivity contribution >= 4 is 12.1 Å². The maximum atomic E-state index is 11.7. The maximum absolute atomic E-state index is 11.7. The Bertz CT molecular complexity index is 678. The number of aryl methyl sites for hydroxylation is 1. The van der Waals surface area contributed by atoms with Crippen molar-refractivity contribution in [2.24, 2.45) is 5.10 Å². The molecule has 2 aromatic rings. The van der Waals surface area contributed by atoms with Crippen LogP contribution in [-0.2, 0) is 0 Å². The fourth-order valence-electron chi connectivity index (χ4n) is 1.75. The molecule has 102 valence electrons. The molecular weight excluding hydrogens is 260 g/mol. The van der Waals surface area contributed by atoms with Crippen molar-refractivity contribution in [2.45, 2.75) is 6.92 Å². The first-order valence-corrected chi connectivity index (χ1v) is 5.97. The van der Waals surface area contributed by atoms with Crippen LogP contribution in [0.25, 0.3) is 0 Å². The van der Waals surface area contributed by atoms with E-state index in [0.29, 0.717) is 17.2 Å². The lowest BCUT2D eigenvalue weighted by Crippen LogP contribution is -2.17. The van der Waals surface area contributed by atoms with Gasteiger partial charge < -0.3 is 9.47 Å². The average Bonchev–Trinajstić information content (AvgIpc) is 3.06. The molecule has 0 fully saturated rings. The van der Waals surface area contributed by atoms with Crippen LogP contribution in [0.1, 0.15) is 21.7 Å². The highest BCUT2D eigenvalue weighted by Crippen LogP contribution is 2.31. The van der Waals surface area contributed by atoms with E-state index in [9.17, 15) is 4.79 Å². The summed E-state index contributed by atoms with van der Waals surface area (Å²) in [5, 5.41) is 10.4. The van der Waals surface area contributed by atoms with Gasteiger partial charge >= 0.3 is 0 Å². The van der Waals surface area contributed by atoms with Crippen LogP contribution in [-0.4, -0.2) is 29.1 Å². The molecule has 1 aromatic carbocycles. The van der Waals surface area contributed by atoms with Gasteiger partial charge in [-0.15, -0.1) is 0 Å². The van der Waals surface area contributed by atoms with Crippen molar-refractivity contribution in [2.75, 3.05) is 6.79 Å². The summed E-state index contributed by atoms with van der Waals surface area (Å²) in [5.74, 6) is 1.01. The number of hydrazone groups is 1. The van der Waals surface area contributed by atoms with Gasteiger partial charge in [-0.05, 0) is 36.8 Å². The molecule has 2 heterocycles. The first kappa shape index (κ1) is 12.2. The number of benzene rings is 1. The quantitative estimate of drug-likeness (QED) is 0.649. The van der Waals surface area contributed by atoms with Gasteiger partial charge in [-0.2, -0.15) is 10.2 Å². The van der Waals surface area contributed by atoms with Crippen molar-refractivity contribution in [3.05, 3.63) is 41.2 Å². The second-order valence-electron chi connectivity index (χ2n) is 4.25. The van der Waals surface area contributed by atoms with Crippen molar-refractivity contribution in [3.63, 3.8) is 0 Å². The van der Waals surface area contributed by atoms with Gasteiger partial charge in [0.15, 0.2) is 17.2 Å². The van der Waals surface area contributed by atoms with Gasteiger partial charge in [-0.1, -0.05) is 0 Å². The van der Waals surface area contributed by atoms with Crippen molar-refractivity contribution in [1.82, 2.24) is 15.6 Å². The molecule has 0 unspecified atom stereocenters. The minimum absolute atomic E-state index is 0.227. The second kappa shape index (κ2) is 5.04. The van der Waals surface area contributed by atoms with Gasteiger partial charge in [0, 0.05) is 5.69 Å². The molecule has 0 saturated heterocycles. The summed E-state index contributed by atoms with van der Waals surface area (Å²) in [6.45, 7) is 2.05. The summed E-state index contributed by atoms with van der Waals surface area (Å²) in [6, 6.07) is 7.05. The van der Waals surface area contributed by atoms with E-state index >= 15 is 0 Å². The second-order valence-corrected chi connectivity index (χ2v) is 4.25. The Labute approximate surface area is 114 Å². The van der Waals surface area contributed by atoms with Crippen LogP contribution < -0.4 is 14.9 Å². The third kappa shape index (κ3) is 2.46. The number of hydrogen-bond donors (Lipinski definition) is 2. The van der Waals surface area contributed by atoms with Crippen LogP contribution in [0.4, 0.5) is 0 Å². The number of nitrogens with one attached hydrogen (secondary N) is 2. The van der Waals surface area contributed by atoms with E-state index in [1.165, 1.54) is 6.21 Å². The standard InChI is InChI=1S/C13H12N4O3/c1-8-4-10(16-15-8)13(18)17-14-6-9-2-3-11-12(5-9)20-7-19-11/h2-6H,7H2,1H3,(H,15,16)(H,17,18)/b14-6-. The third-order valence-corrected chi connectivity index (χ3v) is 2.71. The minimum atomic E-state index is -0.369. The molecule has 0 saturated carbocycles. The molecule has 1 aliphatic rings. The van der Waals surface area contributed by atoms with Gasteiger partial charge in [-0.25, -0.2) is 5.43 Å². The predicted molar refractivity (Wildman–Crippen MR) is 70.9 cm³/mol. The van der Waals surface area contributed by atoms with E-state index in [2.05, 4.69) is 20.7 Å². The Hall–Kier alpha value is -2.83. The number of aromatic nitrogens is 2. The summed E-state index contributed by atoms with van der Waals surface area (Å²) >= 11 is 0. The smallest absolute Gasteiger partial charge is 0.291 e. The molecule has 0 spiro atoms. The van der Waals surface area contributed by atoms with Gasteiger partial charge in [-0.3, -0.25) is 9.89 Å². The molecule has 0 bridgehead atoms. The Balaban J connectivity index is 1.64. The molecule has 0 radical (unpaired) electrons. The normalized spacial score (nSPS) is 12.8. The van der Waals surface area contributed by atoms with Crippen LogP contribution >= 0.6 is 0 Å². The fraction of sp³-hybridized carbons (Fsp3) is 0.154. The van der Waals surface area contributed by atoms with Crippen LogP contribution in [0.5, 0.6) is 11.5 Å². The third-order valence-electron chi connectivity index (χ3n) is 2.71. The van der Waals surface area contributed by atoms with Gasteiger partial charge in [0.25, 0.3) is 5.91 Å². The van der Waals surface area contributed by atoms with E-state index in [4.69, 9.17) is 9.47 Å². The van der Waals surface area contributed by atoms with Crippen molar-refractivity contribution in [1.29, 1.82) is 0 Å². The molecule has 7 nitrogen and oxygen atoms in total. The number of H-pyrrole nitrogens is 1. The van der Waals surface area contributed by atoms with E-state index in [1.807, 2.05) is 13.0 Å². The molecular formula is C13H12N4O3. The Kier molecular flexibility index (Phi) is 3.08. The average molecular weight is 272 g/mol. The highest BCUT2D eigenvalue weighted by molar-refractivity contribution is 5.93. The van der Waals surface area contributed by atoms with Crippen LogP contribution in [0, 0.1) is 6.92 Å². The van der Waals surface area contributed by atoms with Crippen molar-refractivity contribution < 1.29 is 14.3 Å². The highest BCUT2D eigenvalue weighted by Gasteiger charge is 2.12. The minimum Gasteiger partial charge on any atom is -0.454 e. The number of carbonyl (C=O) groups excluding carboxylic acids is 1. The number of ether oxygens (including phenoxy) is 2. The zero-order chi connectivity index (χ0) is 13.9. The first-order chi connectivity index (χ1) is 9.72. The topological polar surface area (TPSA) is 88.6 Å².